The van der Waals surface area contributed by atoms with E-state index in [1.807, 2.05) is 0 Å². The Bertz CT molecular complexity index is 1320. The van der Waals surface area contributed by atoms with Gasteiger partial charge in [-0.15, -0.1) is 0 Å². The lowest BCUT2D eigenvalue weighted by molar-refractivity contribution is -0.288. The highest BCUT2D eigenvalue weighted by Crippen LogP contribution is 2.57. The van der Waals surface area contributed by atoms with Crippen molar-refractivity contribution in [2.24, 2.45) is 0 Å². The molecule has 4 amide bonds. The van der Waals surface area contributed by atoms with Crippen molar-refractivity contribution in [1.82, 2.24) is 9.80 Å². The normalized spacial score (nSPS) is 17.1. The third kappa shape index (κ3) is 3.19. The van der Waals surface area contributed by atoms with E-state index in [9.17, 15) is 45.5 Å². The minimum atomic E-state index is -5.99. The first-order valence-electron chi connectivity index (χ1n) is 10.7. The van der Waals surface area contributed by atoms with E-state index in [0.29, 0.717) is 35.6 Å². The van der Waals surface area contributed by atoms with E-state index in [1.54, 1.807) is 6.92 Å². The van der Waals surface area contributed by atoms with Gasteiger partial charge in [0.05, 0.1) is 22.3 Å². The molecule has 0 N–H and O–H groups in total. The number of halogens is 6. The summed E-state index contributed by atoms with van der Waals surface area (Å²) in [4.78, 5) is 51.3. The molecule has 12 heteroatoms. The number of hydrogen-bond donors (Lipinski definition) is 0. The molecule has 1 atom stereocenters. The van der Waals surface area contributed by atoms with Gasteiger partial charge in [0.25, 0.3) is 23.6 Å². The number of alkyl halides is 6. The third-order valence-corrected chi connectivity index (χ3v) is 6.76. The Balaban J connectivity index is 2.01. The van der Waals surface area contributed by atoms with Crippen molar-refractivity contribution in [2.45, 2.75) is 44.1 Å². The lowest BCUT2D eigenvalue weighted by Crippen LogP contribution is -2.55. The second kappa shape index (κ2) is 7.90. The number of benzene rings is 2. The fraction of sp³-hybridized carbons (Fsp3) is 0.333. The molecule has 0 aliphatic carbocycles. The summed E-state index contributed by atoms with van der Waals surface area (Å²) in [6.07, 6.45) is -11.7. The molecule has 2 aliphatic rings. The summed E-state index contributed by atoms with van der Waals surface area (Å²) < 4.78 is 87.5. The molecule has 2 aromatic rings. The summed E-state index contributed by atoms with van der Waals surface area (Å²) in [5.41, 5.74) is -9.19. The second-order valence-electron chi connectivity index (χ2n) is 8.67. The van der Waals surface area contributed by atoms with Crippen LogP contribution in [0.2, 0.25) is 0 Å². The Morgan fingerprint density at radius 1 is 0.694 bits per heavy atom. The van der Waals surface area contributed by atoms with E-state index in [-0.39, 0.29) is 11.1 Å². The molecule has 0 fully saturated rings. The first-order chi connectivity index (χ1) is 16.6. The van der Waals surface area contributed by atoms with E-state index in [4.69, 9.17) is 0 Å². The van der Waals surface area contributed by atoms with E-state index in [1.165, 1.54) is 6.92 Å². The molecule has 1 unspecified atom stereocenters. The van der Waals surface area contributed by atoms with Crippen LogP contribution in [0.5, 0.6) is 0 Å². The van der Waals surface area contributed by atoms with Gasteiger partial charge < -0.3 is 0 Å². The summed E-state index contributed by atoms with van der Waals surface area (Å²) in [6, 6.07) is 2.74. The highest BCUT2D eigenvalue weighted by molar-refractivity contribution is 6.22. The fourth-order valence-corrected chi connectivity index (χ4v) is 4.65. The highest BCUT2D eigenvalue weighted by atomic mass is 19.4. The summed E-state index contributed by atoms with van der Waals surface area (Å²) >= 11 is 0. The zero-order valence-electron chi connectivity index (χ0n) is 19.0. The van der Waals surface area contributed by atoms with Crippen molar-refractivity contribution in [3.05, 3.63) is 69.8 Å². The summed E-state index contributed by atoms with van der Waals surface area (Å²) in [6.45, 7) is 3.19. The Hall–Kier alpha value is -3.70. The van der Waals surface area contributed by atoms with Crippen LogP contribution in [-0.2, 0) is 5.41 Å². The topological polar surface area (TPSA) is 74.8 Å². The predicted octanol–water partition coefficient (Wildman–Crippen LogP) is 4.72. The van der Waals surface area contributed by atoms with Gasteiger partial charge in [0.2, 0.25) is 5.41 Å². The molecule has 0 saturated heterocycles. The molecule has 190 valence electrons. The molecule has 0 bridgehead atoms. The minimum Gasteiger partial charge on any atom is -0.277 e. The van der Waals surface area contributed by atoms with Gasteiger partial charge >= 0.3 is 12.4 Å². The predicted molar refractivity (Wildman–Crippen MR) is 112 cm³/mol. The molecule has 0 aromatic heterocycles. The van der Waals surface area contributed by atoms with Crippen LogP contribution >= 0.6 is 0 Å². The molecule has 2 heterocycles. The quantitative estimate of drug-likeness (QED) is 0.439. The van der Waals surface area contributed by atoms with Crippen LogP contribution in [0.4, 0.5) is 26.3 Å². The van der Waals surface area contributed by atoms with Crippen molar-refractivity contribution < 1.29 is 45.5 Å². The highest BCUT2D eigenvalue weighted by Gasteiger charge is 2.73. The van der Waals surface area contributed by atoms with Crippen LogP contribution in [-0.4, -0.2) is 58.9 Å². The van der Waals surface area contributed by atoms with Crippen LogP contribution in [0, 0.1) is 0 Å². The van der Waals surface area contributed by atoms with Gasteiger partial charge in [-0.2, -0.15) is 26.3 Å². The SMILES string of the molecule is CCC(C)N1C(=O)c2ccc(C(c3ccc4c(c3)C(=O)N(C)C4=O)(C(F)(F)F)C(F)(F)F)cc2C1=O. The van der Waals surface area contributed by atoms with Crippen LogP contribution in [0.3, 0.4) is 0 Å². The Kier molecular flexibility index (Phi) is 5.57. The molecule has 2 aliphatic heterocycles. The van der Waals surface area contributed by atoms with Crippen LogP contribution in [0.1, 0.15) is 72.8 Å². The van der Waals surface area contributed by atoms with E-state index < -0.39 is 69.7 Å². The fourth-order valence-electron chi connectivity index (χ4n) is 4.65. The van der Waals surface area contributed by atoms with Crippen molar-refractivity contribution in [3.8, 4) is 0 Å². The molecule has 0 saturated carbocycles. The number of imide groups is 2. The van der Waals surface area contributed by atoms with Crippen LogP contribution in [0.25, 0.3) is 0 Å². The molecule has 36 heavy (non-hydrogen) atoms. The summed E-state index contributed by atoms with van der Waals surface area (Å²) in [5, 5.41) is 0. The number of amides is 4. The number of carbonyl (C=O) groups excluding carboxylic acids is 4. The van der Waals surface area contributed by atoms with Gasteiger partial charge in [-0.05, 0) is 48.7 Å². The summed E-state index contributed by atoms with van der Waals surface area (Å²) in [5.74, 6) is -3.72. The van der Waals surface area contributed by atoms with Gasteiger partial charge in [0, 0.05) is 13.1 Å². The number of nitrogens with zero attached hydrogens (tertiary/aromatic N) is 2. The van der Waals surface area contributed by atoms with Gasteiger partial charge in [0.15, 0.2) is 0 Å². The molecule has 0 spiro atoms. The Morgan fingerprint density at radius 2 is 1.08 bits per heavy atom. The van der Waals surface area contributed by atoms with Gasteiger partial charge in [-0.3, -0.25) is 29.0 Å². The van der Waals surface area contributed by atoms with Gasteiger partial charge in [0.1, 0.15) is 0 Å². The average Bonchev–Trinajstić information content (AvgIpc) is 3.16. The lowest BCUT2D eigenvalue weighted by atomic mass is 9.71. The smallest absolute Gasteiger partial charge is 0.277 e. The molecule has 0 radical (unpaired) electrons. The zero-order valence-corrected chi connectivity index (χ0v) is 19.0. The summed E-state index contributed by atoms with van der Waals surface area (Å²) in [7, 11) is 1.05. The largest absolute Gasteiger partial charge is 0.411 e. The molecule has 6 nitrogen and oxygen atoms in total. The molecule has 4 rings (SSSR count). The van der Waals surface area contributed by atoms with E-state index in [2.05, 4.69) is 0 Å². The minimum absolute atomic E-state index is 0.307. The monoisotopic (exact) mass is 512 g/mol. The van der Waals surface area contributed by atoms with Crippen LogP contribution < -0.4 is 0 Å². The van der Waals surface area contributed by atoms with Crippen molar-refractivity contribution in [1.29, 1.82) is 0 Å². The Morgan fingerprint density at radius 3 is 1.53 bits per heavy atom. The first kappa shape index (κ1) is 25.4. The van der Waals surface area contributed by atoms with E-state index >= 15 is 0 Å². The maximum atomic E-state index is 14.6. The Labute approximate surface area is 200 Å². The number of hydrogen-bond acceptors (Lipinski definition) is 4. The molecule has 2 aromatic carbocycles. The van der Waals surface area contributed by atoms with Crippen molar-refractivity contribution >= 4 is 23.6 Å². The average molecular weight is 512 g/mol. The maximum absolute atomic E-state index is 14.6. The van der Waals surface area contributed by atoms with Gasteiger partial charge in [-0.25, -0.2) is 0 Å². The number of rotatable bonds is 4. The first-order valence-corrected chi connectivity index (χ1v) is 10.7. The van der Waals surface area contributed by atoms with E-state index in [0.717, 1.165) is 24.1 Å². The number of carbonyl (C=O) groups is 4. The lowest BCUT2D eigenvalue weighted by Gasteiger charge is -2.38. The standard InChI is InChI=1S/C24H18F6N2O4/c1-4-11(2)32-20(35)15-8-6-13(10-17(15)21(32)36)22(23(25,26)27,24(28,29)30)12-5-7-14-16(9-12)19(34)31(3)18(14)33/h5-11H,4H2,1-3H3. The van der Waals surface area contributed by atoms with Crippen molar-refractivity contribution in [3.63, 3.8) is 0 Å². The second-order valence-corrected chi connectivity index (χ2v) is 8.67. The molecular weight excluding hydrogens is 494 g/mol. The number of fused-ring (bicyclic) bond motifs is 2. The molecular formula is C24H18F6N2O4. The third-order valence-electron chi connectivity index (χ3n) is 6.76. The zero-order chi connectivity index (χ0) is 27.0. The van der Waals surface area contributed by atoms with Crippen LogP contribution in [0.15, 0.2) is 36.4 Å². The van der Waals surface area contributed by atoms with Crippen molar-refractivity contribution in [2.75, 3.05) is 7.05 Å². The maximum Gasteiger partial charge on any atom is 0.411 e. The van der Waals surface area contributed by atoms with Gasteiger partial charge in [-0.1, -0.05) is 19.1 Å².